The van der Waals surface area contributed by atoms with Gasteiger partial charge in [-0.2, -0.15) is 9.50 Å². The number of rotatable bonds is 0. The molecule has 0 fully saturated rings. The van der Waals surface area contributed by atoms with E-state index in [9.17, 15) is 4.79 Å². The lowest BCUT2D eigenvalue weighted by Gasteiger charge is -1.98. The lowest BCUT2D eigenvalue weighted by Crippen LogP contribution is -2.24. The van der Waals surface area contributed by atoms with Crippen molar-refractivity contribution in [2.24, 2.45) is 7.05 Å². The van der Waals surface area contributed by atoms with Crippen molar-refractivity contribution in [1.82, 2.24) is 24.4 Å². The molecule has 0 aromatic carbocycles. The number of anilines is 1. The standard InChI is InChI=1S/C6H8N6O/c1-3-8-6-11(2)10-4(7)5(13)12(6)9-3/h1-2H3,(H2,7,10). The Bertz CT molecular complexity index is 524. The summed E-state index contributed by atoms with van der Waals surface area (Å²) in [6.07, 6.45) is 0. The van der Waals surface area contributed by atoms with Crippen LogP contribution in [0.15, 0.2) is 4.79 Å². The van der Waals surface area contributed by atoms with E-state index in [-0.39, 0.29) is 5.82 Å². The minimum absolute atomic E-state index is 0.0834. The zero-order valence-electron chi connectivity index (χ0n) is 7.22. The van der Waals surface area contributed by atoms with E-state index in [4.69, 9.17) is 5.73 Å². The smallest absolute Gasteiger partial charge is 0.318 e. The quantitative estimate of drug-likeness (QED) is 0.544. The molecule has 0 bridgehead atoms. The highest BCUT2D eigenvalue weighted by molar-refractivity contribution is 5.32. The molecule has 0 aliphatic rings. The summed E-state index contributed by atoms with van der Waals surface area (Å²) < 4.78 is 2.55. The number of hydrogen-bond acceptors (Lipinski definition) is 5. The maximum absolute atomic E-state index is 11.4. The Morgan fingerprint density at radius 1 is 1.38 bits per heavy atom. The van der Waals surface area contributed by atoms with Crippen LogP contribution >= 0.6 is 0 Å². The first-order valence-corrected chi connectivity index (χ1v) is 3.66. The molecule has 2 N–H and O–H groups in total. The molecule has 13 heavy (non-hydrogen) atoms. The summed E-state index contributed by atoms with van der Waals surface area (Å²) in [7, 11) is 1.65. The maximum atomic E-state index is 11.4. The highest BCUT2D eigenvalue weighted by Crippen LogP contribution is 1.95. The van der Waals surface area contributed by atoms with Crippen molar-refractivity contribution in [2.75, 3.05) is 5.73 Å². The molecule has 0 aliphatic carbocycles. The summed E-state index contributed by atoms with van der Waals surface area (Å²) in [5, 5.41) is 7.66. The molecular formula is C6H8N6O. The van der Waals surface area contributed by atoms with Crippen LogP contribution in [0.2, 0.25) is 0 Å². The van der Waals surface area contributed by atoms with Gasteiger partial charge in [-0.25, -0.2) is 4.68 Å². The second kappa shape index (κ2) is 2.28. The van der Waals surface area contributed by atoms with Crippen molar-refractivity contribution in [3.8, 4) is 0 Å². The van der Waals surface area contributed by atoms with Crippen LogP contribution in [0, 0.1) is 6.92 Å². The molecule has 68 valence electrons. The summed E-state index contributed by atoms with van der Waals surface area (Å²) in [5.74, 6) is 0.816. The Hall–Kier alpha value is -1.92. The third kappa shape index (κ3) is 0.968. The topological polar surface area (TPSA) is 91.1 Å². The lowest BCUT2D eigenvalue weighted by molar-refractivity contribution is 0.711. The number of aromatic nitrogens is 5. The van der Waals surface area contributed by atoms with Gasteiger partial charge in [0.1, 0.15) is 5.82 Å². The van der Waals surface area contributed by atoms with E-state index in [0.29, 0.717) is 11.6 Å². The number of fused-ring (bicyclic) bond motifs is 1. The lowest BCUT2D eigenvalue weighted by atomic mass is 10.7. The van der Waals surface area contributed by atoms with E-state index in [1.165, 1.54) is 4.68 Å². The van der Waals surface area contributed by atoms with E-state index in [0.717, 1.165) is 4.52 Å². The second-order valence-corrected chi connectivity index (χ2v) is 2.68. The molecule has 2 heterocycles. The Morgan fingerprint density at radius 2 is 2.08 bits per heavy atom. The summed E-state index contributed by atoms with van der Waals surface area (Å²) in [6, 6.07) is 0. The number of hydrogen-bond donors (Lipinski definition) is 1. The zero-order chi connectivity index (χ0) is 9.59. The van der Waals surface area contributed by atoms with Crippen molar-refractivity contribution in [2.45, 2.75) is 6.92 Å². The first-order chi connectivity index (χ1) is 6.09. The first kappa shape index (κ1) is 7.71. The number of nitrogen functional groups attached to an aromatic ring is 1. The molecule has 7 nitrogen and oxygen atoms in total. The van der Waals surface area contributed by atoms with Crippen molar-refractivity contribution < 1.29 is 0 Å². The minimum atomic E-state index is -0.436. The van der Waals surface area contributed by atoms with E-state index in [2.05, 4.69) is 15.2 Å². The van der Waals surface area contributed by atoms with Gasteiger partial charge in [-0.3, -0.25) is 4.79 Å². The van der Waals surface area contributed by atoms with Crippen LogP contribution in [0.25, 0.3) is 5.78 Å². The fourth-order valence-corrected chi connectivity index (χ4v) is 1.11. The molecule has 2 rings (SSSR count). The van der Waals surface area contributed by atoms with Gasteiger partial charge in [-0.05, 0) is 6.92 Å². The first-order valence-electron chi connectivity index (χ1n) is 3.66. The van der Waals surface area contributed by atoms with Crippen LogP contribution in [-0.4, -0.2) is 24.4 Å². The van der Waals surface area contributed by atoms with E-state index < -0.39 is 5.56 Å². The Labute approximate surface area is 72.8 Å². The van der Waals surface area contributed by atoms with Gasteiger partial charge in [0.15, 0.2) is 0 Å². The highest BCUT2D eigenvalue weighted by atomic mass is 16.1. The monoisotopic (exact) mass is 180 g/mol. The molecule has 0 atom stereocenters. The van der Waals surface area contributed by atoms with E-state index >= 15 is 0 Å². The van der Waals surface area contributed by atoms with Gasteiger partial charge in [-0.15, -0.1) is 10.2 Å². The van der Waals surface area contributed by atoms with Crippen LogP contribution in [0.4, 0.5) is 5.82 Å². The minimum Gasteiger partial charge on any atom is -0.378 e. The summed E-state index contributed by atoms with van der Waals surface area (Å²) >= 11 is 0. The third-order valence-corrected chi connectivity index (χ3v) is 1.65. The third-order valence-electron chi connectivity index (χ3n) is 1.65. The molecule has 7 heteroatoms. The molecule has 2 aromatic rings. The van der Waals surface area contributed by atoms with Crippen molar-refractivity contribution in [3.63, 3.8) is 0 Å². The van der Waals surface area contributed by atoms with Gasteiger partial charge in [0, 0.05) is 7.05 Å². The summed E-state index contributed by atoms with van der Waals surface area (Å²) in [4.78, 5) is 15.4. The van der Waals surface area contributed by atoms with Crippen LogP contribution in [0.5, 0.6) is 0 Å². The van der Waals surface area contributed by atoms with E-state index in [1.54, 1.807) is 14.0 Å². The van der Waals surface area contributed by atoms with Gasteiger partial charge in [0.25, 0.3) is 5.78 Å². The largest absolute Gasteiger partial charge is 0.378 e. The average molecular weight is 180 g/mol. The van der Waals surface area contributed by atoms with E-state index in [1.807, 2.05) is 0 Å². The molecule has 0 saturated carbocycles. The zero-order valence-corrected chi connectivity index (χ0v) is 7.22. The molecule has 0 unspecified atom stereocenters. The van der Waals surface area contributed by atoms with Crippen LogP contribution in [-0.2, 0) is 7.05 Å². The van der Waals surface area contributed by atoms with Gasteiger partial charge in [-0.1, -0.05) is 0 Å². The number of nitrogens with two attached hydrogens (primary N) is 1. The van der Waals surface area contributed by atoms with Crippen LogP contribution in [0.3, 0.4) is 0 Å². The van der Waals surface area contributed by atoms with Crippen LogP contribution < -0.4 is 11.3 Å². The van der Waals surface area contributed by atoms with Crippen molar-refractivity contribution in [3.05, 3.63) is 16.2 Å². The molecule has 0 saturated heterocycles. The molecule has 0 aliphatic heterocycles. The predicted octanol–water partition coefficient (Wildman–Crippen LogP) is -1.29. The SMILES string of the molecule is Cc1nc2n(C)nc(N)c(=O)n2n1. The fraction of sp³-hybridized carbons (Fsp3) is 0.333. The molecule has 0 radical (unpaired) electrons. The molecular weight excluding hydrogens is 172 g/mol. The van der Waals surface area contributed by atoms with Gasteiger partial charge in [0.2, 0.25) is 5.82 Å². The molecule has 0 spiro atoms. The van der Waals surface area contributed by atoms with Gasteiger partial charge < -0.3 is 5.73 Å². The summed E-state index contributed by atoms with van der Waals surface area (Å²) in [5.41, 5.74) is 4.93. The Morgan fingerprint density at radius 3 is 2.77 bits per heavy atom. The normalized spacial score (nSPS) is 10.9. The highest BCUT2D eigenvalue weighted by Gasteiger charge is 2.08. The molecule has 0 amide bonds. The Balaban J connectivity index is 3.04. The van der Waals surface area contributed by atoms with Gasteiger partial charge in [0.05, 0.1) is 0 Å². The number of nitrogens with zero attached hydrogens (tertiary/aromatic N) is 5. The van der Waals surface area contributed by atoms with Crippen LogP contribution in [0.1, 0.15) is 5.82 Å². The maximum Gasteiger partial charge on any atom is 0.318 e. The number of aryl methyl sites for hydroxylation is 2. The fourth-order valence-electron chi connectivity index (χ4n) is 1.11. The predicted molar refractivity (Wildman–Crippen MR) is 45.2 cm³/mol. The van der Waals surface area contributed by atoms with Crippen molar-refractivity contribution in [1.29, 1.82) is 0 Å². The van der Waals surface area contributed by atoms with Crippen molar-refractivity contribution >= 4 is 11.6 Å². The molecule has 2 aromatic heterocycles. The average Bonchev–Trinajstić information content (AvgIpc) is 2.44. The van der Waals surface area contributed by atoms with Gasteiger partial charge >= 0.3 is 5.56 Å². The Kier molecular flexibility index (Phi) is 1.35. The second-order valence-electron chi connectivity index (χ2n) is 2.68. The summed E-state index contributed by atoms with van der Waals surface area (Å²) in [6.45, 7) is 1.70.